The Hall–Kier alpha value is -3.96. The summed E-state index contributed by atoms with van der Waals surface area (Å²) in [6.07, 6.45) is 1.41. The van der Waals surface area contributed by atoms with Crippen LogP contribution in [-0.2, 0) is 0 Å². The fourth-order valence-electron chi connectivity index (χ4n) is 2.76. The monoisotopic (exact) mass is 472 g/mol. The van der Waals surface area contributed by atoms with Crippen LogP contribution in [0.25, 0.3) is 17.1 Å². The zero-order valence-corrected chi connectivity index (χ0v) is 17.9. The molecule has 0 aliphatic carbocycles. The van der Waals surface area contributed by atoms with Gasteiger partial charge >= 0.3 is 0 Å². The minimum Gasteiger partial charge on any atom is -0.497 e. The lowest BCUT2D eigenvalue weighted by Crippen LogP contribution is -2.19. The predicted molar refractivity (Wildman–Crippen MR) is 117 cm³/mol. The number of ether oxygens (including phenoxy) is 1. The van der Waals surface area contributed by atoms with Gasteiger partial charge in [0.05, 0.1) is 23.4 Å². The summed E-state index contributed by atoms with van der Waals surface area (Å²) in [6.45, 7) is 0. The fourth-order valence-corrected chi connectivity index (χ4v) is 3.07. The number of hydrogen-bond acceptors (Lipinski definition) is 9. The molecule has 2 heterocycles. The van der Waals surface area contributed by atoms with Crippen LogP contribution in [0.4, 0.5) is 5.82 Å². The van der Waals surface area contributed by atoms with E-state index in [1.807, 2.05) is 0 Å². The van der Waals surface area contributed by atoms with Crippen molar-refractivity contribution in [3.63, 3.8) is 0 Å². The Labute approximate surface area is 190 Å². The Bertz CT molecular complexity index is 1320. The number of hydrazone groups is 1. The third-order valence-electron chi connectivity index (χ3n) is 4.25. The van der Waals surface area contributed by atoms with Crippen molar-refractivity contribution in [1.29, 1.82) is 0 Å². The van der Waals surface area contributed by atoms with Crippen molar-refractivity contribution in [2.24, 2.45) is 5.10 Å². The molecule has 0 saturated heterocycles. The molecule has 0 radical (unpaired) electrons. The first-order valence-electron chi connectivity index (χ1n) is 8.95. The second-order valence-corrected chi connectivity index (χ2v) is 7.09. The molecular formula is C19H14Cl2N8O3. The molecule has 0 fully saturated rings. The summed E-state index contributed by atoms with van der Waals surface area (Å²) in [5, 5.41) is 20.0. The zero-order chi connectivity index (χ0) is 22.7. The van der Waals surface area contributed by atoms with Crippen molar-refractivity contribution < 1.29 is 14.2 Å². The maximum Gasteiger partial charge on any atom is 0.294 e. The van der Waals surface area contributed by atoms with Gasteiger partial charge in [-0.1, -0.05) is 46.6 Å². The third-order valence-corrected chi connectivity index (χ3v) is 4.99. The molecule has 0 saturated carbocycles. The molecule has 11 nitrogen and oxygen atoms in total. The van der Waals surface area contributed by atoms with Crippen molar-refractivity contribution >= 4 is 41.1 Å². The standard InChI is InChI=1S/C19H14Cl2N8O3/c1-31-12-4-2-3-11(8-12)16-15(24-28-29(16)18-17(22)26-32-27-18)19(30)25-23-9-10-5-6-13(20)14(21)7-10/h2-9H,1H3,(H2,22,26)(H,25,30)/b23-9+. The van der Waals surface area contributed by atoms with Gasteiger partial charge in [0.15, 0.2) is 5.69 Å². The summed E-state index contributed by atoms with van der Waals surface area (Å²) in [5.41, 5.74) is 9.67. The van der Waals surface area contributed by atoms with Gasteiger partial charge < -0.3 is 10.5 Å². The van der Waals surface area contributed by atoms with Crippen LogP contribution in [0.3, 0.4) is 0 Å². The quantitative estimate of drug-likeness (QED) is 0.321. The molecule has 4 aromatic rings. The second-order valence-electron chi connectivity index (χ2n) is 6.28. The Morgan fingerprint density at radius 2 is 2.06 bits per heavy atom. The van der Waals surface area contributed by atoms with Crippen LogP contribution >= 0.6 is 23.2 Å². The molecule has 3 N–H and O–H groups in total. The number of nitrogens with two attached hydrogens (primary N) is 1. The van der Waals surface area contributed by atoms with E-state index < -0.39 is 5.91 Å². The summed E-state index contributed by atoms with van der Waals surface area (Å²) in [5.74, 6) is -0.0109. The number of anilines is 1. The molecule has 0 unspecified atom stereocenters. The number of aromatic nitrogens is 5. The minimum absolute atomic E-state index is 0.0244. The minimum atomic E-state index is -0.625. The summed E-state index contributed by atoms with van der Waals surface area (Å²) < 4.78 is 11.2. The number of rotatable bonds is 6. The number of benzene rings is 2. The van der Waals surface area contributed by atoms with Gasteiger partial charge in [-0.15, -0.1) is 5.10 Å². The van der Waals surface area contributed by atoms with E-state index in [1.54, 1.807) is 42.5 Å². The van der Waals surface area contributed by atoms with E-state index in [1.165, 1.54) is 18.0 Å². The van der Waals surface area contributed by atoms with Crippen molar-refractivity contribution in [3.05, 3.63) is 63.8 Å². The van der Waals surface area contributed by atoms with Crippen molar-refractivity contribution in [3.8, 4) is 22.8 Å². The number of carbonyl (C=O) groups is 1. The number of nitrogen functional groups attached to an aromatic ring is 1. The molecule has 0 aliphatic rings. The van der Waals surface area contributed by atoms with Crippen LogP contribution in [-0.4, -0.2) is 44.5 Å². The molecular weight excluding hydrogens is 459 g/mol. The van der Waals surface area contributed by atoms with Crippen LogP contribution in [0.2, 0.25) is 10.0 Å². The Kier molecular flexibility index (Phi) is 6.01. The molecule has 2 aromatic heterocycles. The van der Waals surface area contributed by atoms with Crippen LogP contribution in [0.1, 0.15) is 16.1 Å². The van der Waals surface area contributed by atoms with Crippen LogP contribution in [0.15, 0.2) is 52.2 Å². The summed E-state index contributed by atoms with van der Waals surface area (Å²) >= 11 is 11.9. The first-order chi connectivity index (χ1) is 15.5. The SMILES string of the molecule is COc1cccc(-c2c(C(=O)N/N=C/c3ccc(Cl)c(Cl)c3)nnn2-c2nonc2N)c1. The van der Waals surface area contributed by atoms with Gasteiger partial charge in [0.25, 0.3) is 5.91 Å². The number of nitrogens with one attached hydrogen (secondary N) is 1. The van der Waals surface area contributed by atoms with E-state index in [2.05, 4.69) is 35.8 Å². The zero-order valence-electron chi connectivity index (χ0n) is 16.4. The number of amides is 1. The topological polar surface area (TPSA) is 146 Å². The highest BCUT2D eigenvalue weighted by atomic mass is 35.5. The third kappa shape index (κ3) is 4.24. The van der Waals surface area contributed by atoms with Gasteiger partial charge in [-0.05, 0) is 40.1 Å². The van der Waals surface area contributed by atoms with Gasteiger partial charge in [-0.2, -0.15) is 9.78 Å². The smallest absolute Gasteiger partial charge is 0.294 e. The van der Waals surface area contributed by atoms with Gasteiger partial charge in [0, 0.05) is 5.56 Å². The summed E-state index contributed by atoms with van der Waals surface area (Å²) in [6, 6.07) is 11.9. The van der Waals surface area contributed by atoms with E-state index in [-0.39, 0.29) is 23.0 Å². The van der Waals surface area contributed by atoms with E-state index in [4.69, 9.17) is 33.7 Å². The van der Waals surface area contributed by atoms with Gasteiger partial charge in [-0.3, -0.25) is 4.79 Å². The maximum absolute atomic E-state index is 12.9. The van der Waals surface area contributed by atoms with E-state index >= 15 is 0 Å². The average Bonchev–Trinajstić information content (AvgIpc) is 3.42. The lowest BCUT2D eigenvalue weighted by atomic mass is 10.1. The molecule has 0 aliphatic heterocycles. The Morgan fingerprint density at radius 1 is 1.22 bits per heavy atom. The molecule has 0 spiro atoms. The highest BCUT2D eigenvalue weighted by molar-refractivity contribution is 6.42. The van der Waals surface area contributed by atoms with Crippen molar-refractivity contribution in [2.75, 3.05) is 12.8 Å². The number of carbonyl (C=O) groups excluding carboxylic acids is 1. The first kappa shape index (κ1) is 21.3. The largest absolute Gasteiger partial charge is 0.497 e. The first-order valence-corrected chi connectivity index (χ1v) is 9.70. The molecule has 0 atom stereocenters. The Balaban J connectivity index is 1.69. The molecule has 2 aromatic carbocycles. The molecule has 32 heavy (non-hydrogen) atoms. The average molecular weight is 473 g/mol. The van der Waals surface area contributed by atoms with E-state index in [9.17, 15) is 4.79 Å². The number of nitrogens with zero attached hydrogens (tertiary/aromatic N) is 6. The highest BCUT2D eigenvalue weighted by Crippen LogP contribution is 2.29. The predicted octanol–water partition coefficient (Wildman–Crippen LogP) is 2.98. The maximum atomic E-state index is 12.9. The van der Waals surface area contributed by atoms with Crippen molar-refractivity contribution in [1.82, 2.24) is 30.7 Å². The Morgan fingerprint density at radius 3 is 2.78 bits per heavy atom. The van der Waals surface area contributed by atoms with Crippen LogP contribution in [0, 0.1) is 0 Å². The number of halogens is 2. The highest BCUT2D eigenvalue weighted by Gasteiger charge is 2.25. The molecule has 162 valence electrons. The van der Waals surface area contributed by atoms with E-state index in [0.717, 1.165) is 0 Å². The number of methoxy groups -OCH3 is 1. The second kappa shape index (κ2) is 9.04. The van der Waals surface area contributed by atoms with Crippen LogP contribution in [0.5, 0.6) is 5.75 Å². The van der Waals surface area contributed by atoms with Gasteiger partial charge in [-0.25, -0.2) is 10.1 Å². The molecule has 4 rings (SSSR count). The van der Waals surface area contributed by atoms with Gasteiger partial charge in [0.1, 0.15) is 11.4 Å². The fraction of sp³-hybridized carbons (Fsp3) is 0.0526. The molecule has 1 amide bonds. The lowest BCUT2D eigenvalue weighted by molar-refractivity contribution is 0.0950. The normalized spacial score (nSPS) is 11.1. The molecule has 0 bridgehead atoms. The van der Waals surface area contributed by atoms with E-state index in [0.29, 0.717) is 26.9 Å². The van der Waals surface area contributed by atoms with Crippen molar-refractivity contribution in [2.45, 2.75) is 0 Å². The summed E-state index contributed by atoms with van der Waals surface area (Å²) in [4.78, 5) is 12.9. The van der Waals surface area contributed by atoms with Gasteiger partial charge in [0.2, 0.25) is 11.6 Å². The lowest BCUT2D eigenvalue weighted by Gasteiger charge is -2.07. The summed E-state index contributed by atoms with van der Waals surface area (Å²) in [7, 11) is 1.53. The molecule has 13 heteroatoms. The van der Waals surface area contributed by atoms with Crippen LogP contribution < -0.4 is 15.9 Å². The number of hydrogen-bond donors (Lipinski definition) is 2.